The van der Waals surface area contributed by atoms with Crippen LogP contribution in [0.2, 0.25) is 0 Å². The number of hydrogen-bond acceptors (Lipinski definition) is 3. The van der Waals surface area contributed by atoms with Crippen molar-refractivity contribution in [2.45, 2.75) is 26.2 Å². The summed E-state index contributed by atoms with van der Waals surface area (Å²) in [5.74, 6) is -0.245. The monoisotopic (exact) mass is 199 g/mol. The second kappa shape index (κ2) is 7.56. The van der Waals surface area contributed by atoms with Gasteiger partial charge in [-0.3, -0.25) is 0 Å². The number of esters is 1. The van der Waals surface area contributed by atoms with Crippen LogP contribution in [-0.4, -0.2) is 38.1 Å². The molecule has 0 aromatic heterocycles. The highest BCUT2D eigenvalue weighted by Gasteiger charge is 2.07. The van der Waals surface area contributed by atoms with E-state index in [1.807, 2.05) is 21.0 Å². The normalized spacial score (nSPS) is 10.3. The fourth-order valence-corrected chi connectivity index (χ4v) is 1.01. The van der Waals surface area contributed by atoms with Crippen molar-refractivity contribution in [1.82, 2.24) is 4.90 Å². The van der Waals surface area contributed by atoms with Crippen LogP contribution >= 0.6 is 0 Å². The number of carbonyl (C=O) groups is 1. The van der Waals surface area contributed by atoms with Crippen LogP contribution in [0.15, 0.2) is 12.2 Å². The number of ether oxygens (including phenoxy) is 1. The summed E-state index contributed by atoms with van der Waals surface area (Å²) in [4.78, 5) is 13.3. The van der Waals surface area contributed by atoms with Crippen LogP contribution in [0.3, 0.4) is 0 Å². The third-order valence-electron chi connectivity index (χ3n) is 1.81. The van der Waals surface area contributed by atoms with Gasteiger partial charge in [0, 0.05) is 5.57 Å². The summed E-state index contributed by atoms with van der Waals surface area (Å²) in [6, 6.07) is 0. The van der Waals surface area contributed by atoms with Gasteiger partial charge in [0.1, 0.15) is 0 Å². The molecule has 82 valence electrons. The molecule has 3 heteroatoms. The molecule has 0 rings (SSSR count). The Balaban J connectivity index is 3.57. The molecule has 0 saturated carbocycles. The fraction of sp³-hybridized carbons (Fsp3) is 0.727. The molecule has 0 atom stereocenters. The summed E-state index contributed by atoms with van der Waals surface area (Å²) in [5.41, 5.74) is 0.584. The number of rotatable bonds is 7. The van der Waals surface area contributed by atoms with Crippen molar-refractivity contribution in [3.05, 3.63) is 12.2 Å². The summed E-state index contributed by atoms with van der Waals surface area (Å²) in [6.07, 6.45) is 2.53. The highest BCUT2D eigenvalue weighted by molar-refractivity contribution is 5.87. The van der Waals surface area contributed by atoms with E-state index in [0.29, 0.717) is 12.2 Å². The Morgan fingerprint density at radius 1 is 1.43 bits per heavy atom. The van der Waals surface area contributed by atoms with Crippen LogP contribution in [0.5, 0.6) is 0 Å². The lowest BCUT2D eigenvalue weighted by Crippen LogP contribution is -2.14. The molecule has 0 amide bonds. The predicted molar refractivity (Wildman–Crippen MR) is 58.2 cm³/mol. The molecule has 3 nitrogen and oxygen atoms in total. The molecule has 0 unspecified atom stereocenters. The summed E-state index contributed by atoms with van der Waals surface area (Å²) < 4.78 is 4.96. The molecular weight excluding hydrogens is 178 g/mol. The molecule has 0 spiro atoms. The third-order valence-corrected chi connectivity index (χ3v) is 1.81. The van der Waals surface area contributed by atoms with Crippen molar-refractivity contribution in [3.63, 3.8) is 0 Å². The first-order valence-electron chi connectivity index (χ1n) is 5.07. The van der Waals surface area contributed by atoms with Crippen molar-refractivity contribution in [3.8, 4) is 0 Å². The van der Waals surface area contributed by atoms with Crippen molar-refractivity contribution in [2.75, 3.05) is 27.2 Å². The van der Waals surface area contributed by atoms with Gasteiger partial charge < -0.3 is 9.64 Å². The van der Waals surface area contributed by atoms with Crippen LogP contribution in [0, 0.1) is 0 Å². The zero-order valence-corrected chi connectivity index (χ0v) is 9.51. The van der Waals surface area contributed by atoms with E-state index in [0.717, 1.165) is 25.8 Å². The molecule has 0 aromatic carbocycles. The molecule has 0 aliphatic heterocycles. The Labute approximate surface area is 86.7 Å². The number of nitrogens with zero attached hydrogens (tertiary/aromatic N) is 1. The van der Waals surface area contributed by atoms with E-state index in [2.05, 4.69) is 11.5 Å². The van der Waals surface area contributed by atoms with Crippen LogP contribution in [-0.2, 0) is 9.53 Å². The average Bonchev–Trinajstić information content (AvgIpc) is 2.13. The molecular formula is C11H21NO2. The molecule has 0 aromatic rings. The van der Waals surface area contributed by atoms with Crippen LogP contribution in [0.25, 0.3) is 0 Å². The maximum atomic E-state index is 11.2. The van der Waals surface area contributed by atoms with Gasteiger partial charge in [0.25, 0.3) is 0 Å². The van der Waals surface area contributed by atoms with E-state index in [-0.39, 0.29) is 5.97 Å². The van der Waals surface area contributed by atoms with Crippen molar-refractivity contribution >= 4 is 5.97 Å². The SMILES string of the molecule is C=C(CCCN(C)C)C(=O)OCCC. The van der Waals surface area contributed by atoms with Gasteiger partial charge in [0.2, 0.25) is 0 Å². The van der Waals surface area contributed by atoms with E-state index in [9.17, 15) is 4.79 Å². The van der Waals surface area contributed by atoms with E-state index < -0.39 is 0 Å². The highest BCUT2D eigenvalue weighted by atomic mass is 16.5. The van der Waals surface area contributed by atoms with Gasteiger partial charge >= 0.3 is 5.97 Å². The Bertz CT molecular complexity index is 188. The number of carbonyl (C=O) groups excluding carboxylic acids is 1. The van der Waals surface area contributed by atoms with Crippen molar-refractivity contribution in [2.24, 2.45) is 0 Å². The summed E-state index contributed by atoms with van der Waals surface area (Å²) in [6.45, 7) is 7.15. The maximum Gasteiger partial charge on any atom is 0.333 e. The summed E-state index contributed by atoms with van der Waals surface area (Å²) in [5, 5.41) is 0. The zero-order chi connectivity index (χ0) is 11.0. The molecule has 0 heterocycles. The quantitative estimate of drug-likeness (QED) is 0.463. The lowest BCUT2D eigenvalue weighted by molar-refractivity contribution is -0.139. The molecule has 0 bridgehead atoms. The van der Waals surface area contributed by atoms with Gasteiger partial charge in [-0.1, -0.05) is 13.5 Å². The Morgan fingerprint density at radius 2 is 2.07 bits per heavy atom. The van der Waals surface area contributed by atoms with Crippen molar-refractivity contribution < 1.29 is 9.53 Å². The molecule has 0 N–H and O–H groups in total. The Kier molecular flexibility index (Phi) is 7.11. The van der Waals surface area contributed by atoms with E-state index in [4.69, 9.17) is 4.74 Å². The molecule has 0 aliphatic carbocycles. The first kappa shape index (κ1) is 13.2. The lowest BCUT2D eigenvalue weighted by Gasteiger charge is -2.09. The Hall–Kier alpha value is -0.830. The second-order valence-corrected chi connectivity index (χ2v) is 3.65. The summed E-state index contributed by atoms with van der Waals surface area (Å²) in [7, 11) is 4.02. The summed E-state index contributed by atoms with van der Waals surface area (Å²) >= 11 is 0. The largest absolute Gasteiger partial charge is 0.462 e. The topological polar surface area (TPSA) is 29.5 Å². The molecule has 0 fully saturated rings. The zero-order valence-electron chi connectivity index (χ0n) is 9.51. The molecule has 0 saturated heterocycles. The molecule has 0 radical (unpaired) electrons. The van der Waals surface area contributed by atoms with Gasteiger partial charge in [-0.2, -0.15) is 0 Å². The fourth-order valence-electron chi connectivity index (χ4n) is 1.01. The standard InChI is InChI=1S/C11H21NO2/c1-5-9-14-11(13)10(2)7-6-8-12(3)4/h2,5-9H2,1,3-4H3. The van der Waals surface area contributed by atoms with E-state index in [1.165, 1.54) is 0 Å². The minimum Gasteiger partial charge on any atom is -0.462 e. The van der Waals surface area contributed by atoms with Gasteiger partial charge in [0.15, 0.2) is 0 Å². The minimum absolute atomic E-state index is 0.245. The van der Waals surface area contributed by atoms with E-state index >= 15 is 0 Å². The van der Waals surface area contributed by atoms with Gasteiger partial charge in [-0.05, 0) is 39.9 Å². The van der Waals surface area contributed by atoms with Crippen LogP contribution in [0.1, 0.15) is 26.2 Å². The minimum atomic E-state index is -0.245. The van der Waals surface area contributed by atoms with Gasteiger partial charge in [0.05, 0.1) is 6.61 Å². The lowest BCUT2D eigenvalue weighted by atomic mass is 10.1. The predicted octanol–water partition coefficient (Wildman–Crippen LogP) is 1.84. The highest BCUT2D eigenvalue weighted by Crippen LogP contribution is 2.05. The van der Waals surface area contributed by atoms with E-state index in [1.54, 1.807) is 0 Å². The van der Waals surface area contributed by atoms with Crippen LogP contribution < -0.4 is 0 Å². The number of hydrogen-bond donors (Lipinski definition) is 0. The average molecular weight is 199 g/mol. The van der Waals surface area contributed by atoms with Crippen molar-refractivity contribution in [1.29, 1.82) is 0 Å². The first-order valence-corrected chi connectivity index (χ1v) is 5.07. The van der Waals surface area contributed by atoms with Gasteiger partial charge in [-0.15, -0.1) is 0 Å². The Morgan fingerprint density at radius 3 is 2.57 bits per heavy atom. The third kappa shape index (κ3) is 6.66. The van der Waals surface area contributed by atoms with Gasteiger partial charge in [-0.25, -0.2) is 4.79 Å². The smallest absolute Gasteiger partial charge is 0.333 e. The van der Waals surface area contributed by atoms with Crippen LogP contribution in [0.4, 0.5) is 0 Å². The maximum absolute atomic E-state index is 11.2. The molecule has 14 heavy (non-hydrogen) atoms. The first-order chi connectivity index (χ1) is 6.57. The second-order valence-electron chi connectivity index (χ2n) is 3.65. The molecule has 0 aliphatic rings.